The summed E-state index contributed by atoms with van der Waals surface area (Å²) < 4.78 is 20.9. The molecule has 11 heteroatoms. The van der Waals surface area contributed by atoms with Gasteiger partial charge in [-0.1, -0.05) is 42.7 Å². The van der Waals surface area contributed by atoms with E-state index < -0.39 is 52.1 Å². The lowest BCUT2D eigenvalue weighted by molar-refractivity contribution is -0.141. The number of benzene rings is 1. The molecule has 1 aromatic rings. The zero-order chi connectivity index (χ0) is 29.8. The molecule has 3 aliphatic rings. The van der Waals surface area contributed by atoms with Crippen molar-refractivity contribution < 1.29 is 28.1 Å². The zero-order valence-electron chi connectivity index (χ0n) is 24.4. The summed E-state index contributed by atoms with van der Waals surface area (Å²) in [5.41, 5.74) is -0.940. The normalized spacial score (nSPS) is 28.6. The quantitative estimate of drug-likeness (QED) is 0.463. The average Bonchev–Trinajstić information content (AvgIpc) is 3.35. The van der Waals surface area contributed by atoms with E-state index >= 15 is 0 Å². The molecule has 4 amide bonds. The van der Waals surface area contributed by atoms with Crippen LogP contribution in [-0.2, 0) is 30.1 Å². The lowest BCUT2D eigenvalue weighted by Gasteiger charge is -2.30. The first kappa shape index (κ1) is 30.7. The van der Waals surface area contributed by atoms with Crippen molar-refractivity contribution in [1.82, 2.24) is 20.3 Å². The topological polar surface area (TPSA) is 134 Å². The maximum atomic E-state index is 13.7. The van der Waals surface area contributed by atoms with Crippen LogP contribution < -0.4 is 15.4 Å². The smallest absolute Gasteiger partial charge is 0.408 e. The molecule has 0 radical (unpaired) electrons. The minimum atomic E-state index is -1.79. The second kappa shape index (κ2) is 12.8. The molecule has 41 heavy (non-hydrogen) atoms. The number of aryl methyl sites for hydroxylation is 1. The van der Waals surface area contributed by atoms with Crippen molar-refractivity contribution in [2.45, 2.75) is 107 Å². The molecule has 5 atom stereocenters. The molecule has 10 nitrogen and oxygen atoms in total. The molecule has 224 valence electrons. The van der Waals surface area contributed by atoms with Gasteiger partial charge in [0.15, 0.2) is 11.0 Å². The Labute approximate surface area is 244 Å². The molecule has 0 bridgehead atoms. The van der Waals surface area contributed by atoms with E-state index in [-0.39, 0.29) is 11.8 Å². The summed E-state index contributed by atoms with van der Waals surface area (Å²) in [7, 11) is -1.79. The Hall–Kier alpha value is -3.21. The Morgan fingerprint density at radius 1 is 1.07 bits per heavy atom. The highest BCUT2D eigenvalue weighted by atomic mass is 32.2. The van der Waals surface area contributed by atoms with Gasteiger partial charge in [-0.05, 0) is 78.4 Å². The Morgan fingerprint density at radius 3 is 2.51 bits per heavy atom. The molecule has 2 aliphatic heterocycles. The molecule has 0 aromatic heterocycles. The van der Waals surface area contributed by atoms with E-state index in [0.717, 1.165) is 31.2 Å². The predicted molar refractivity (Wildman–Crippen MR) is 155 cm³/mol. The standard InChI is InChI=1S/C30H42N4O6S/c1-20-14-16-22(17-15-20)41(39)33-27(37)30-19-21(30)11-8-6-5-7-9-12-23(31-28(38)40-29(2,3)4)26(36)34-18-10-13-24(34)25(35)32-30/h8,11,14-17,21,23-24H,5-7,9-10,12-13,18-19H2,1-4H3,(H,31,38)(H,32,35)(H,33,37)/b11-8-/t21-,23-,24-,30+,41-/m0/s1. The first-order chi connectivity index (χ1) is 19.4. The first-order valence-corrected chi connectivity index (χ1v) is 15.6. The number of nitrogens with one attached hydrogen (secondary N) is 3. The molecule has 1 saturated heterocycles. The number of rotatable bonds is 4. The molecular weight excluding hydrogens is 544 g/mol. The van der Waals surface area contributed by atoms with Crippen LogP contribution in [-0.4, -0.2) is 62.7 Å². The van der Waals surface area contributed by atoms with E-state index in [4.69, 9.17) is 4.74 Å². The highest BCUT2D eigenvalue weighted by Gasteiger charge is 2.61. The van der Waals surface area contributed by atoms with Gasteiger partial charge in [-0.3, -0.25) is 19.1 Å². The molecule has 2 fully saturated rings. The molecule has 2 heterocycles. The highest BCUT2D eigenvalue weighted by molar-refractivity contribution is 7.83. The summed E-state index contributed by atoms with van der Waals surface area (Å²) in [6.45, 7) is 7.57. The third-order valence-corrected chi connectivity index (χ3v) is 8.82. The van der Waals surface area contributed by atoms with Crippen LogP contribution in [0.4, 0.5) is 4.79 Å². The van der Waals surface area contributed by atoms with E-state index in [1.165, 1.54) is 4.90 Å². The fraction of sp³-hybridized carbons (Fsp3) is 0.600. The maximum absolute atomic E-state index is 13.7. The number of hydrogen-bond donors (Lipinski definition) is 3. The van der Waals surface area contributed by atoms with Gasteiger partial charge in [-0.25, -0.2) is 9.00 Å². The van der Waals surface area contributed by atoms with E-state index in [1.807, 2.05) is 31.2 Å². The van der Waals surface area contributed by atoms with Crippen LogP contribution in [0.5, 0.6) is 0 Å². The third-order valence-electron chi connectivity index (χ3n) is 7.75. The van der Waals surface area contributed by atoms with Crippen LogP contribution in [0, 0.1) is 12.8 Å². The summed E-state index contributed by atoms with van der Waals surface area (Å²) in [6, 6.07) is 5.46. The van der Waals surface area contributed by atoms with Gasteiger partial charge in [-0.2, -0.15) is 0 Å². The molecule has 1 saturated carbocycles. The Balaban J connectivity index is 1.53. The molecule has 0 spiro atoms. The third kappa shape index (κ3) is 7.75. The Morgan fingerprint density at radius 2 is 1.80 bits per heavy atom. The molecule has 4 rings (SSSR count). The van der Waals surface area contributed by atoms with Gasteiger partial charge in [0.05, 0.1) is 4.90 Å². The number of nitrogens with zero attached hydrogens (tertiary/aromatic N) is 1. The number of allylic oxidation sites excluding steroid dienone is 1. The molecule has 1 aromatic carbocycles. The number of amides is 4. The average molecular weight is 587 g/mol. The van der Waals surface area contributed by atoms with E-state index in [9.17, 15) is 23.4 Å². The number of hydrogen-bond acceptors (Lipinski definition) is 6. The largest absolute Gasteiger partial charge is 0.444 e. The summed E-state index contributed by atoms with van der Waals surface area (Å²) in [6.07, 6.45) is 8.45. The molecule has 1 aliphatic carbocycles. The minimum absolute atomic E-state index is 0.237. The summed E-state index contributed by atoms with van der Waals surface area (Å²) >= 11 is 0. The lowest BCUT2D eigenvalue weighted by Crippen LogP contribution is -2.58. The van der Waals surface area contributed by atoms with Crippen molar-refractivity contribution in [1.29, 1.82) is 0 Å². The number of fused-ring (bicyclic) bond motifs is 2. The van der Waals surface area contributed by atoms with Crippen LogP contribution in [0.3, 0.4) is 0 Å². The van der Waals surface area contributed by atoms with Crippen LogP contribution in [0.1, 0.15) is 77.7 Å². The fourth-order valence-corrected chi connectivity index (χ4v) is 6.29. The van der Waals surface area contributed by atoms with Crippen molar-refractivity contribution in [3.05, 3.63) is 42.0 Å². The molecule has 0 unspecified atom stereocenters. The van der Waals surface area contributed by atoms with Gasteiger partial charge in [0, 0.05) is 12.5 Å². The van der Waals surface area contributed by atoms with Crippen LogP contribution >= 0.6 is 0 Å². The number of ether oxygens (including phenoxy) is 1. The summed E-state index contributed by atoms with van der Waals surface area (Å²) in [5, 5.41) is 5.67. The Bertz CT molecular complexity index is 1210. The number of alkyl carbamates (subject to hydrolysis) is 1. The van der Waals surface area contributed by atoms with Crippen molar-refractivity contribution in [2.24, 2.45) is 5.92 Å². The maximum Gasteiger partial charge on any atom is 0.408 e. The molecule has 3 N–H and O–H groups in total. The van der Waals surface area contributed by atoms with Gasteiger partial charge in [0.2, 0.25) is 11.8 Å². The highest BCUT2D eigenvalue weighted by Crippen LogP contribution is 2.45. The summed E-state index contributed by atoms with van der Waals surface area (Å²) in [4.78, 5) is 55.4. The van der Waals surface area contributed by atoms with Crippen molar-refractivity contribution >= 4 is 34.8 Å². The van der Waals surface area contributed by atoms with Gasteiger partial charge >= 0.3 is 6.09 Å². The monoisotopic (exact) mass is 586 g/mol. The predicted octanol–water partition coefficient (Wildman–Crippen LogP) is 3.41. The van der Waals surface area contributed by atoms with Gasteiger partial charge in [0.1, 0.15) is 23.2 Å². The summed E-state index contributed by atoms with van der Waals surface area (Å²) in [5.74, 6) is -1.50. The SMILES string of the molecule is Cc1ccc([S@](=O)NC(=O)[C@@]23C[C@@H]2/C=C\CCCCC[C@H](NC(=O)OC(C)(C)C)C(=O)N2CCC[C@H]2C(=O)N3)cc1. The van der Waals surface area contributed by atoms with E-state index in [1.54, 1.807) is 32.9 Å². The zero-order valence-corrected chi connectivity index (χ0v) is 25.2. The van der Waals surface area contributed by atoms with Crippen LogP contribution in [0.25, 0.3) is 0 Å². The van der Waals surface area contributed by atoms with Gasteiger partial charge < -0.3 is 20.3 Å². The number of carbonyl (C=O) groups excluding carboxylic acids is 4. The molecular formula is C30H42N4O6S. The minimum Gasteiger partial charge on any atom is -0.444 e. The Kier molecular flexibility index (Phi) is 9.56. The van der Waals surface area contributed by atoms with Crippen molar-refractivity contribution in [3.8, 4) is 0 Å². The first-order valence-electron chi connectivity index (χ1n) is 14.5. The van der Waals surface area contributed by atoms with Crippen molar-refractivity contribution in [2.75, 3.05) is 6.54 Å². The van der Waals surface area contributed by atoms with Gasteiger partial charge in [-0.15, -0.1) is 0 Å². The fourth-order valence-electron chi connectivity index (χ4n) is 5.44. The van der Waals surface area contributed by atoms with Gasteiger partial charge in [0.25, 0.3) is 5.91 Å². The van der Waals surface area contributed by atoms with E-state index in [0.29, 0.717) is 37.1 Å². The van der Waals surface area contributed by atoms with E-state index in [2.05, 4.69) is 15.4 Å². The second-order valence-corrected chi connectivity index (χ2v) is 13.5. The van der Waals surface area contributed by atoms with Crippen molar-refractivity contribution in [3.63, 3.8) is 0 Å². The van der Waals surface area contributed by atoms with Crippen LogP contribution in [0.15, 0.2) is 41.3 Å². The number of carbonyl (C=O) groups is 4. The lowest BCUT2D eigenvalue weighted by atomic mass is 10.0. The second-order valence-electron chi connectivity index (χ2n) is 12.2. The van der Waals surface area contributed by atoms with Crippen LogP contribution in [0.2, 0.25) is 0 Å².